The molecule has 7 heteroatoms. The maximum absolute atomic E-state index is 12.2. The number of likely N-dealkylation sites (tertiary alicyclic amines) is 1. The summed E-state index contributed by atoms with van der Waals surface area (Å²) >= 11 is 5.38. The van der Waals surface area contributed by atoms with E-state index >= 15 is 0 Å². The van der Waals surface area contributed by atoms with Crippen LogP contribution >= 0.6 is 12.2 Å². The van der Waals surface area contributed by atoms with E-state index in [0.717, 1.165) is 13.0 Å². The number of amides is 2. The molecule has 0 aromatic rings. The average molecular weight is 355 g/mol. The quantitative estimate of drug-likeness (QED) is 0.511. The predicted octanol–water partition coefficient (Wildman–Crippen LogP) is 1.59. The normalized spacial score (nSPS) is 26.9. The molecule has 0 spiro atoms. The molecule has 0 aliphatic carbocycles. The van der Waals surface area contributed by atoms with E-state index in [9.17, 15) is 9.59 Å². The molecule has 136 valence electrons. The summed E-state index contributed by atoms with van der Waals surface area (Å²) < 4.78 is 0. The zero-order valence-electron chi connectivity index (χ0n) is 15.0. The van der Waals surface area contributed by atoms with Gasteiger partial charge >= 0.3 is 0 Å². The van der Waals surface area contributed by atoms with Crippen LogP contribution in [0.25, 0.3) is 0 Å². The van der Waals surface area contributed by atoms with Gasteiger partial charge in [-0.15, -0.1) is 0 Å². The van der Waals surface area contributed by atoms with Crippen LogP contribution in [-0.4, -0.2) is 51.5 Å². The van der Waals surface area contributed by atoms with Gasteiger partial charge in [0.1, 0.15) is 5.54 Å². The fraction of sp³-hybridized carbons (Fsp3) is 0.824. The van der Waals surface area contributed by atoms with Gasteiger partial charge in [-0.05, 0) is 38.9 Å². The van der Waals surface area contributed by atoms with Gasteiger partial charge in [-0.25, -0.2) is 0 Å². The van der Waals surface area contributed by atoms with Crippen LogP contribution in [-0.2, 0) is 9.59 Å². The average Bonchev–Trinajstić information content (AvgIpc) is 2.98. The van der Waals surface area contributed by atoms with Gasteiger partial charge in [0.2, 0.25) is 5.91 Å². The first-order valence-electron chi connectivity index (χ1n) is 8.97. The van der Waals surface area contributed by atoms with Crippen LogP contribution < -0.4 is 11.1 Å². The summed E-state index contributed by atoms with van der Waals surface area (Å²) in [5.74, 6) is -0.534. The number of thiocarbonyl (C=S) groups is 1. The Morgan fingerprint density at radius 1 is 1.33 bits per heavy atom. The summed E-state index contributed by atoms with van der Waals surface area (Å²) in [6, 6.07) is 0. The topological polar surface area (TPSA) is 78.7 Å². The van der Waals surface area contributed by atoms with Crippen molar-refractivity contribution in [1.82, 2.24) is 15.1 Å². The number of unbranched alkanes of at least 4 members (excludes halogenated alkanes) is 4. The Balaban J connectivity index is 2.07. The fourth-order valence-electron chi connectivity index (χ4n) is 3.70. The Labute approximate surface area is 150 Å². The van der Waals surface area contributed by atoms with Gasteiger partial charge in [0.25, 0.3) is 5.91 Å². The lowest BCUT2D eigenvalue weighted by atomic mass is 10.0. The van der Waals surface area contributed by atoms with Crippen molar-refractivity contribution < 1.29 is 9.59 Å². The molecule has 0 saturated carbocycles. The van der Waals surface area contributed by atoms with Crippen LogP contribution in [0.15, 0.2) is 0 Å². The molecule has 2 aliphatic rings. The van der Waals surface area contributed by atoms with Crippen LogP contribution in [0.4, 0.5) is 0 Å². The molecule has 3 N–H and O–H groups in total. The van der Waals surface area contributed by atoms with Gasteiger partial charge in [0.15, 0.2) is 5.11 Å². The van der Waals surface area contributed by atoms with Crippen LogP contribution in [0.5, 0.6) is 0 Å². The number of carbonyl (C=O) groups is 2. The van der Waals surface area contributed by atoms with Crippen molar-refractivity contribution in [3.05, 3.63) is 0 Å². The molecule has 2 saturated heterocycles. The first-order valence-corrected chi connectivity index (χ1v) is 9.38. The Morgan fingerprint density at radius 3 is 2.54 bits per heavy atom. The van der Waals surface area contributed by atoms with Crippen molar-refractivity contribution >= 4 is 29.1 Å². The van der Waals surface area contributed by atoms with E-state index in [4.69, 9.17) is 18.0 Å². The highest BCUT2D eigenvalue weighted by Gasteiger charge is 2.51. The largest absolute Gasteiger partial charge is 0.369 e. The number of hydrogen-bond donors (Lipinski definition) is 2. The summed E-state index contributed by atoms with van der Waals surface area (Å²) in [5.41, 5.74) is 4.85. The number of nitrogens with two attached hydrogens (primary N) is 1. The number of primary amides is 1. The maximum Gasteiger partial charge on any atom is 0.251 e. The first kappa shape index (κ1) is 19.1. The highest BCUT2D eigenvalue weighted by Crippen LogP contribution is 2.33. The van der Waals surface area contributed by atoms with E-state index < -0.39 is 5.54 Å². The number of rotatable bonds is 8. The zero-order valence-corrected chi connectivity index (χ0v) is 15.8. The van der Waals surface area contributed by atoms with Crippen LogP contribution in [0.3, 0.4) is 0 Å². The van der Waals surface area contributed by atoms with Crippen molar-refractivity contribution in [3.8, 4) is 0 Å². The van der Waals surface area contributed by atoms with E-state index in [-0.39, 0.29) is 23.9 Å². The predicted molar refractivity (Wildman–Crippen MR) is 98.1 cm³/mol. The molecular formula is C17H30N4O2S. The highest BCUT2D eigenvalue weighted by atomic mass is 32.1. The van der Waals surface area contributed by atoms with Gasteiger partial charge in [-0.1, -0.05) is 32.6 Å². The molecule has 2 rings (SSSR count). The summed E-state index contributed by atoms with van der Waals surface area (Å²) in [7, 11) is 0. The molecular weight excluding hydrogens is 324 g/mol. The molecule has 0 bridgehead atoms. The van der Waals surface area contributed by atoms with E-state index in [1.54, 1.807) is 0 Å². The van der Waals surface area contributed by atoms with Crippen molar-refractivity contribution in [2.24, 2.45) is 11.7 Å². The monoisotopic (exact) mass is 354 g/mol. The van der Waals surface area contributed by atoms with Crippen molar-refractivity contribution in [1.29, 1.82) is 0 Å². The van der Waals surface area contributed by atoms with E-state index in [1.807, 2.05) is 18.7 Å². The van der Waals surface area contributed by atoms with Crippen LogP contribution in [0.2, 0.25) is 0 Å². The highest BCUT2D eigenvalue weighted by molar-refractivity contribution is 7.80. The first-order chi connectivity index (χ1) is 11.3. The molecule has 2 atom stereocenters. The Morgan fingerprint density at radius 2 is 2.00 bits per heavy atom. The minimum atomic E-state index is -0.700. The lowest BCUT2D eigenvalue weighted by molar-refractivity contribution is -0.126. The fourth-order valence-corrected chi connectivity index (χ4v) is 4.14. The molecule has 0 radical (unpaired) electrons. The standard InChI is InChI=1S/C17H30N4O2S/c1-4-5-6-7-8-9-20-11-12(14(18)22)10-13(20)21-16(24)19-15(23)17(21,2)3/h12-13H,4-11H2,1-3H3,(H2,18,22)(H,19,23,24). The van der Waals surface area contributed by atoms with Gasteiger partial charge in [-0.2, -0.15) is 0 Å². The molecule has 2 unspecified atom stereocenters. The lowest BCUT2D eigenvalue weighted by Gasteiger charge is -2.39. The van der Waals surface area contributed by atoms with Crippen molar-refractivity contribution in [2.75, 3.05) is 13.1 Å². The van der Waals surface area contributed by atoms with Crippen molar-refractivity contribution in [2.45, 2.75) is 71.0 Å². The molecule has 2 heterocycles. The van der Waals surface area contributed by atoms with E-state index in [0.29, 0.717) is 18.1 Å². The molecule has 0 aromatic carbocycles. The molecule has 2 fully saturated rings. The van der Waals surface area contributed by atoms with E-state index in [1.165, 1.54) is 25.7 Å². The van der Waals surface area contributed by atoms with Gasteiger partial charge < -0.3 is 16.0 Å². The smallest absolute Gasteiger partial charge is 0.251 e. The summed E-state index contributed by atoms with van der Waals surface area (Å²) in [4.78, 5) is 28.1. The minimum absolute atomic E-state index is 0.0462. The second-order valence-electron chi connectivity index (χ2n) is 7.41. The van der Waals surface area contributed by atoms with Crippen LogP contribution in [0.1, 0.15) is 59.3 Å². The Bertz CT molecular complexity index is 509. The molecule has 2 aliphatic heterocycles. The third kappa shape index (κ3) is 3.88. The summed E-state index contributed by atoms with van der Waals surface area (Å²) in [6.07, 6.45) is 6.57. The number of nitrogens with zero attached hydrogens (tertiary/aromatic N) is 2. The third-order valence-corrected chi connectivity index (χ3v) is 5.52. The lowest BCUT2D eigenvalue weighted by Crippen LogP contribution is -2.54. The zero-order chi connectivity index (χ0) is 17.9. The van der Waals surface area contributed by atoms with E-state index in [2.05, 4.69) is 17.1 Å². The Hall–Kier alpha value is -1.21. The maximum atomic E-state index is 12.2. The molecule has 0 aromatic heterocycles. The summed E-state index contributed by atoms with van der Waals surface area (Å²) in [5, 5.41) is 3.21. The Kier molecular flexibility index (Phi) is 6.20. The molecule has 2 amide bonds. The second-order valence-corrected chi connectivity index (χ2v) is 7.80. The molecule has 6 nitrogen and oxygen atoms in total. The minimum Gasteiger partial charge on any atom is -0.369 e. The number of hydrogen-bond acceptors (Lipinski definition) is 4. The van der Waals surface area contributed by atoms with Gasteiger partial charge in [-0.3, -0.25) is 14.5 Å². The van der Waals surface area contributed by atoms with Crippen molar-refractivity contribution in [3.63, 3.8) is 0 Å². The number of nitrogens with one attached hydrogen (secondary N) is 1. The van der Waals surface area contributed by atoms with Crippen LogP contribution in [0, 0.1) is 5.92 Å². The summed E-state index contributed by atoms with van der Waals surface area (Å²) in [6.45, 7) is 7.50. The number of carbonyl (C=O) groups excluding carboxylic acids is 2. The van der Waals surface area contributed by atoms with Gasteiger partial charge in [0.05, 0.1) is 12.1 Å². The SMILES string of the molecule is CCCCCCCN1CC(C(N)=O)CC1N1C(=S)NC(=O)C1(C)C. The third-order valence-electron chi connectivity index (χ3n) is 5.22. The second kappa shape index (κ2) is 7.78. The molecule has 24 heavy (non-hydrogen) atoms. The van der Waals surface area contributed by atoms with Gasteiger partial charge in [0, 0.05) is 13.1 Å².